The zero-order valence-electron chi connectivity index (χ0n) is 13.1. The number of hydrogen-bond donors (Lipinski definition) is 0. The van der Waals surface area contributed by atoms with Gasteiger partial charge < -0.3 is 0 Å². The quantitative estimate of drug-likeness (QED) is 0.631. The maximum absolute atomic E-state index is 8.59. The van der Waals surface area contributed by atoms with Crippen LogP contribution in [0.3, 0.4) is 0 Å². The van der Waals surface area contributed by atoms with Gasteiger partial charge in [0.2, 0.25) is 0 Å². The van der Waals surface area contributed by atoms with Crippen LogP contribution in [0.4, 0.5) is 0 Å². The zero-order chi connectivity index (χ0) is 15.8. The molecule has 110 valence electrons. The largest absolute Gasteiger partial charge is 0.192 e. The number of nitriles is 1. The van der Waals surface area contributed by atoms with E-state index in [9.17, 15) is 0 Å². The van der Waals surface area contributed by atoms with Crippen molar-refractivity contribution in [3.63, 3.8) is 0 Å². The van der Waals surface area contributed by atoms with E-state index in [0.717, 1.165) is 5.56 Å². The first-order chi connectivity index (χ1) is 9.93. The van der Waals surface area contributed by atoms with E-state index in [1.165, 1.54) is 15.6 Å². The molecule has 0 unspecified atom stereocenters. The van der Waals surface area contributed by atoms with Gasteiger partial charge in [-0.25, -0.2) is 0 Å². The Kier molecular flexibility index (Phi) is 7.19. The molecule has 0 spiro atoms. The van der Waals surface area contributed by atoms with Gasteiger partial charge in [-0.2, -0.15) is 5.26 Å². The van der Waals surface area contributed by atoms with Crippen molar-refractivity contribution < 1.29 is 0 Å². The predicted molar refractivity (Wildman–Crippen MR) is 93.5 cm³/mol. The van der Waals surface area contributed by atoms with E-state index in [4.69, 9.17) is 5.26 Å². The summed E-state index contributed by atoms with van der Waals surface area (Å²) in [7, 11) is 0. The second-order valence-corrected chi connectivity index (χ2v) is 6.52. The molecule has 0 N–H and O–H groups in total. The minimum atomic E-state index is 0.503. The SMILES string of the molecule is CC(C)c1cccc(Br)c1.CC(C)c1cccc(C#N)c1. The van der Waals surface area contributed by atoms with Crippen molar-refractivity contribution in [1.29, 1.82) is 5.26 Å². The molecule has 21 heavy (non-hydrogen) atoms. The standard InChI is InChI=1S/C10H11N.C9H11Br/c1-8(2)10-5-3-4-9(6-10)7-11;1-7(2)8-4-3-5-9(10)6-8/h3-6,8H,1-2H3;3-7H,1-2H3. The molecule has 0 heterocycles. The lowest BCUT2D eigenvalue weighted by atomic mass is 10.0. The van der Waals surface area contributed by atoms with E-state index in [1.54, 1.807) is 0 Å². The van der Waals surface area contributed by atoms with E-state index in [-0.39, 0.29) is 0 Å². The molecule has 0 aliphatic rings. The highest BCUT2D eigenvalue weighted by molar-refractivity contribution is 9.10. The van der Waals surface area contributed by atoms with Gasteiger partial charge in [0.25, 0.3) is 0 Å². The Morgan fingerprint density at radius 1 is 0.857 bits per heavy atom. The number of halogens is 1. The Morgan fingerprint density at radius 3 is 1.81 bits per heavy atom. The lowest BCUT2D eigenvalue weighted by molar-refractivity contribution is 0.866. The molecule has 0 radical (unpaired) electrons. The number of hydrogen-bond acceptors (Lipinski definition) is 1. The highest BCUT2D eigenvalue weighted by Gasteiger charge is 1.98. The molecule has 0 saturated carbocycles. The van der Waals surface area contributed by atoms with Crippen LogP contribution in [0.1, 0.15) is 56.2 Å². The topological polar surface area (TPSA) is 23.8 Å². The molecular weight excluding hydrogens is 322 g/mol. The molecule has 2 heteroatoms. The number of rotatable bonds is 2. The van der Waals surface area contributed by atoms with Gasteiger partial charge in [-0.3, -0.25) is 0 Å². The third kappa shape index (κ3) is 6.14. The van der Waals surface area contributed by atoms with Crippen LogP contribution in [-0.4, -0.2) is 0 Å². The average molecular weight is 344 g/mol. The van der Waals surface area contributed by atoms with Crippen LogP contribution in [0.15, 0.2) is 53.0 Å². The van der Waals surface area contributed by atoms with Crippen LogP contribution in [-0.2, 0) is 0 Å². The van der Waals surface area contributed by atoms with Gasteiger partial charge in [-0.15, -0.1) is 0 Å². The van der Waals surface area contributed by atoms with Crippen LogP contribution in [0.25, 0.3) is 0 Å². The molecule has 0 saturated heterocycles. The normalized spacial score (nSPS) is 10.0. The van der Waals surface area contributed by atoms with E-state index in [2.05, 4.69) is 67.9 Å². The Labute approximate surface area is 136 Å². The van der Waals surface area contributed by atoms with Crippen LogP contribution < -0.4 is 0 Å². The molecule has 0 bridgehead atoms. The van der Waals surface area contributed by atoms with Gasteiger partial charge in [0, 0.05) is 4.47 Å². The summed E-state index contributed by atoms with van der Waals surface area (Å²) in [5.74, 6) is 1.13. The summed E-state index contributed by atoms with van der Waals surface area (Å²) in [6.07, 6.45) is 0. The second kappa shape index (κ2) is 8.64. The maximum atomic E-state index is 8.59. The minimum Gasteiger partial charge on any atom is -0.192 e. The molecule has 0 atom stereocenters. The molecule has 2 aromatic rings. The first kappa shape index (κ1) is 17.5. The van der Waals surface area contributed by atoms with Crippen LogP contribution in [0.2, 0.25) is 0 Å². The van der Waals surface area contributed by atoms with Crippen molar-refractivity contribution in [3.05, 3.63) is 69.7 Å². The van der Waals surface area contributed by atoms with Crippen LogP contribution in [0.5, 0.6) is 0 Å². The number of nitrogens with zero attached hydrogens (tertiary/aromatic N) is 1. The van der Waals surface area contributed by atoms with Crippen molar-refractivity contribution in [2.45, 2.75) is 39.5 Å². The highest BCUT2D eigenvalue weighted by atomic mass is 79.9. The molecule has 0 aliphatic carbocycles. The third-order valence-electron chi connectivity index (χ3n) is 3.20. The molecule has 0 amide bonds. The van der Waals surface area contributed by atoms with Gasteiger partial charge in [-0.1, -0.05) is 67.9 Å². The van der Waals surface area contributed by atoms with E-state index in [1.807, 2.05) is 30.3 Å². The highest BCUT2D eigenvalue weighted by Crippen LogP contribution is 2.18. The molecule has 2 aromatic carbocycles. The Bertz CT molecular complexity index is 609. The van der Waals surface area contributed by atoms with E-state index < -0.39 is 0 Å². The first-order valence-corrected chi connectivity index (χ1v) is 7.99. The van der Waals surface area contributed by atoms with Gasteiger partial charge in [0.1, 0.15) is 0 Å². The summed E-state index contributed by atoms with van der Waals surface area (Å²) in [5, 5.41) is 8.59. The Hall–Kier alpha value is -1.59. The van der Waals surface area contributed by atoms with Crippen molar-refractivity contribution in [3.8, 4) is 6.07 Å². The fourth-order valence-corrected chi connectivity index (χ4v) is 2.25. The summed E-state index contributed by atoms with van der Waals surface area (Å²) in [6, 6.07) is 18.3. The average Bonchev–Trinajstić information content (AvgIpc) is 2.48. The molecule has 0 aliphatic heterocycles. The monoisotopic (exact) mass is 343 g/mol. The molecule has 0 aromatic heterocycles. The Morgan fingerprint density at radius 2 is 1.38 bits per heavy atom. The molecule has 2 rings (SSSR count). The van der Waals surface area contributed by atoms with Gasteiger partial charge in [0.15, 0.2) is 0 Å². The predicted octanol–water partition coefficient (Wildman–Crippen LogP) is 6.25. The fourth-order valence-electron chi connectivity index (χ4n) is 1.83. The van der Waals surface area contributed by atoms with Gasteiger partial charge in [-0.05, 0) is 47.2 Å². The smallest absolute Gasteiger partial charge is 0.0991 e. The first-order valence-electron chi connectivity index (χ1n) is 7.19. The maximum Gasteiger partial charge on any atom is 0.0991 e. The molecular formula is C19H22BrN. The summed E-state index contributed by atoms with van der Waals surface area (Å²) >= 11 is 3.43. The van der Waals surface area contributed by atoms with Crippen molar-refractivity contribution in [2.75, 3.05) is 0 Å². The van der Waals surface area contributed by atoms with E-state index >= 15 is 0 Å². The van der Waals surface area contributed by atoms with E-state index in [0.29, 0.717) is 11.8 Å². The minimum absolute atomic E-state index is 0.503. The van der Waals surface area contributed by atoms with Crippen LogP contribution >= 0.6 is 15.9 Å². The third-order valence-corrected chi connectivity index (χ3v) is 3.69. The Balaban J connectivity index is 0.000000211. The van der Waals surface area contributed by atoms with Crippen LogP contribution in [0, 0.1) is 11.3 Å². The zero-order valence-corrected chi connectivity index (χ0v) is 14.7. The lowest BCUT2D eigenvalue weighted by Gasteiger charge is -2.03. The summed E-state index contributed by atoms with van der Waals surface area (Å²) in [4.78, 5) is 0. The summed E-state index contributed by atoms with van der Waals surface area (Å²) in [5.41, 5.74) is 3.36. The van der Waals surface area contributed by atoms with Crippen molar-refractivity contribution >= 4 is 15.9 Å². The van der Waals surface area contributed by atoms with Crippen molar-refractivity contribution in [2.24, 2.45) is 0 Å². The van der Waals surface area contributed by atoms with Crippen molar-refractivity contribution in [1.82, 2.24) is 0 Å². The molecule has 0 fully saturated rings. The second-order valence-electron chi connectivity index (χ2n) is 5.60. The van der Waals surface area contributed by atoms with Gasteiger partial charge in [0.05, 0.1) is 11.6 Å². The molecule has 1 nitrogen and oxygen atoms in total. The van der Waals surface area contributed by atoms with Gasteiger partial charge >= 0.3 is 0 Å². The lowest BCUT2D eigenvalue weighted by Crippen LogP contribution is -1.86. The summed E-state index contributed by atoms with van der Waals surface area (Å²) in [6.45, 7) is 8.64. The fraction of sp³-hybridized carbons (Fsp3) is 0.316. The summed E-state index contributed by atoms with van der Waals surface area (Å²) < 4.78 is 1.17. The number of benzene rings is 2.